The molecule has 1 heterocycles. The van der Waals surface area contributed by atoms with Crippen LogP contribution in [0.5, 0.6) is 0 Å². The molecule has 1 aromatic rings. The minimum absolute atomic E-state index is 0.491. The fourth-order valence-corrected chi connectivity index (χ4v) is 2.51. The molecule has 2 N–H and O–H groups in total. The first-order chi connectivity index (χ1) is 8.79. The Labute approximate surface area is 109 Å². The Balaban J connectivity index is 1.68. The van der Waals surface area contributed by atoms with Gasteiger partial charge in [-0.25, -0.2) is 0 Å². The molecule has 1 aliphatic rings. The zero-order valence-electron chi connectivity index (χ0n) is 10.9. The lowest BCUT2D eigenvalue weighted by Crippen LogP contribution is -2.40. The van der Waals surface area contributed by atoms with Crippen LogP contribution in [-0.2, 0) is 0 Å². The molecule has 100 valence electrons. The molecular formula is C15H23NO2. The van der Waals surface area contributed by atoms with Crippen LogP contribution in [0.15, 0.2) is 28.9 Å². The molecule has 1 saturated carbocycles. The number of aliphatic hydroxyl groups is 1. The molecule has 0 saturated heterocycles. The second kappa shape index (κ2) is 6.76. The molecular weight excluding hydrogens is 226 g/mol. The molecule has 0 amide bonds. The molecule has 0 bridgehead atoms. The lowest BCUT2D eigenvalue weighted by molar-refractivity contribution is 0.0262. The van der Waals surface area contributed by atoms with E-state index >= 15 is 0 Å². The van der Waals surface area contributed by atoms with Crippen molar-refractivity contribution in [3.05, 3.63) is 30.2 Å². The number of hydrogen-bond donors (Lipinski definition) is 2. The van der Waals surface area contributed by atoms with Gasteiger partial charge in [0.15, 0.2) is 0 Å². The highest BCUT2D eigenvalue weighted by molar-refractivity contribution is 5.42. The smallest absolute Gasteiger partial charge is 0.126 e. The van der Waals surface area contributed by atoms with E-state index in [1.165, 1.54) is 12.8 Å². The Morgan fingerprint density at radius 1 is 1.28 bits per heavy atom. The van der Waals surface area contributed by atoms with Crippen LogP contribution in [0.3, 0.4) is 0 Å². The van der Waals surface area contributed by atoms with E-state index in [-0.39, 0.29) is 0 Å². The highest BCUT2D eigenvalue weighted by Gasteiger charge is 2.26. The third-order valence-electron chi connectivity index (χ3n) is 3.58. The summed E-state index contributed by atoms with van der Waals surface area (Å²) in [5.41, 5.74) is -0.491. The molecule has 1 aromatic heterocycles. The highest BCUT2D eigenvalue weighted by Crippen LogP contribution is 2.26. The molecule has 1 aliphatic carbocycles. The van der Waals surface area contributed by atoms with Crippen molar-refractivity contribution in [1.82, 2.24) is 5.32 Å². The Morgan fingerprint density at radius 3 is 2.72 bits per heavy atom. The van der Waals surface area contributed by atoms with Crippen molar-refractivity contribution in [3.63, 3.8) is 0 Å². The van der Waals surface area contributed by atoms with Crippen LogP contribution in [0.2, 0.25) is 0 Å². The standard InChI is InChI=1S/C15H23NO2/c17-15(9-3-1-2-4-10-15)13-16-11-5-7-14-8-6-12-18-14/h5-8,12,16-17H,1-4,9-11,13H2/b7-5+. The number of rotatable bonds is 5. The lowest BCUT2D eigenvalue weighted by Gasteiger charge is -2.26. The van der Waals surface area contributed by atoms with Gasteiger partial charge < -0.3 is 14.8 Å². The molecule has 0 unspecified atom stereocenters. The van der Waals surface area contributed by atoms with Gasteiger partial charge in [0.2, 0.25) is 0 Å². The van der Waals surface area contributed by atoms with E-state index in [0.29, 0.717) is 6.54 Å². The van der Waals surface area contributed by atoms with Crippen molar-refractivity contribution < 1.29 is 9.52 Å². The van der Waals surface area contributed by atoms with Crippen LogP contribution in [0.1, 0.15) is 44.3 Å². The van der Waals surface area contributed by atoms with Crippen LogP contribution >= 0.6 is 0 Å². The minimum Gasteiger partial charge on any atom is -0.465 e. The van der Waals surface area contributed by atoms with Gasteiger partial charge in [-0.05, 0) is 31.1 Å². The van der Waals surface area contributed by atoms with Crippen LogP contribution in [0.25, 0.3) is 6.08 Å². The third kappa shape index (κ3) is 4.31. The van der Waals surface area contributed by atoms with Gasteiger partial charge >= 0.3 is 0 Å². The maximum absolute atomic E-state index is 10.4. The zero-order valence-corrected chi connectivity index (χ0v) is 10.9. The molecule has 0 atom stereocenters. The molecule has 3 nitrogen and oxygen atoms in total. The van der Waals surface area contributed by atoms with E-state index in [2.05, 4.69) is 5.32 Å². The van der Waals surface area contributed by atoms with Crippen molar-refractivity contribution >= 4 is 6.08 Å². The third-order valence-corrected chi connectivity index (χ3v) is 3.58. The van der Waals surface area contributed by atoms with E-state index in [9.17, 15) is 5.11 Å². The first-order valence-corrected chi connectivity index (χ1v) is 6.92. The summed E-state index contributed by atoms with van der Waals surface area (Å²) in [5, 5.41) is 13.7. The summed E-state index contributed by atoms with van der Waals surface area (Å²) in [7, 11) is 0. The van der Waals surface area contributed by atoms with Crippen molar-refractivity contribution in [1.29, 1.82) is 0 Å². The van der Waals surface area contributed by atoms with E-state index in [0.717, 1.165) is 38.0 Å². The first kappa shape index (κ1) is 13.4. The Hall–Kier alpha value is -1.06. The summed E-state index contributed by atoms with van der Waals surface area (Å²) < 4.78 is 5.20. The molecule has 3 heteroatoms. The topological polar surface area (TPSA) is 45.4 Å². The largest absolute Gasteiger partial charge is 0.465 e. The van der Waals surface area contributed by atoms with Gasteiger partial charge in [-0.15, -0.1) is 0 Å². The summed E-state index contributed by atoms with van der Waals surface area (Å²) in [6.45, 7) is 1.46. The van der Waals surface area contributed by atoms with E-state index in [4.69, 9.17) is 4.42 Å². The maximum Gasteiger partial charge on any atom is 0.126 e. The predicted molar refractivity (Wildman–Crippen MR) is 73.3 cm³/mol. The van der Waals surface area contributed by atoms with Gasteiger partial charge in [-0.3, -0.25) is 0 Å². The van der Waals surface area contributed by atoms with Crippen LogP contribution < -0.4 is 5.32 Å². The van der Waals surface area contributed by atoms with Crippen molar-refractivity contribution in [2.24, 2.45) is 0 Å². The normalized spacial score (nSPS) is 20.1. The van der Waals surface area contributed by atoms with E-state index < -0.39 is 5.60 Å². The quantitative estimate of drug-likeness (QED) is 0.623. The van der Waals surface area contributed by atoms with E-state index in [1.54, 1.807) is 6.26 Å². The van der Waals surface area contributed by atoms with Gasteiger partial charge in [-0.2, -0.15) is 0 Å². The Morgan fingerprint density at radius 2 is 2.06 bits per heavy atom. The summed E-state index contributed by atoms with van der Waals surface area (Å²) in [4.78, 5) is 0. The summed E-state index contributed by atoms with van der Waals surface area (Å²) in [6.07, 6.45) is 12.3. The maximum atomic E-state index is 10.4. The van der Waals surface area contributed by atoms with Crippen LogP contribution in [0.4, 0.5) is 0 Å². The Bertz CT molecular complexity index is 349. The molecule has 1 fully saturated rings. The average molecular weight is 249 g/mol. The number of nitrogens with one attached hydrogen (secondary N) is 1. The minimum atomic E-state index is -0.491. The second-order valence-electron chi connectivity index (χ2n) is 5.19. The Kier molecular flexibility index (Phi) is 5.02. The average Bonchev–Trinajstić information content (AvgIpc) is 2.78. The van der Waals surface area contributed by atoms with Gasteiger partial charge in [0.25, 0.3) is 0 Å². The zero-order chi connectivity index (χ0) is 12.7. The van der Waals surface area contributed by atoms with Crippen LogP contribution in [-0.4, -0.2) is 23.8 Å². The molecule has 0 radical (unpaired) electrons. The summed E-state index contributed by atoms with van der Waals surface area (Å²) in [5.74, 6) is 0.866. The molecule has 0 aliphatic heterocycles. The first-order valence-electron chi connectivity index (χ1n) is 6.92. The fraction of sp³-hybridized carbons (Fsp3) is 0.600. The van der Waals surface area contributed by atoms with Gasteiger partial charge in [-0.1, -0.05) is 31.8 Å². The van der Waals surface area contributed by atoms with Crippen molar-refractivity contribution in [3.8, 4) is 0 Å². The lowest BCUT2D eigenvalue weighted by atomic mass is 9.94. The van der Waals surface area contributed by atoms with Gasteiger partial charge in [0.1, 0.15) is 5.76 Å². The van der Waals surface area contributed by atoms with Gasteiger partial charge in [0.05, 0.1) is 11.9 Å². The fourth-order valence-electron chi connectivity index (χ4n) is 2.51. The van der Waals surface area contributed by atoms with Crippen LogP contribution in [0, 0.1) is 0 Å². The number of hydrogen-bond acceptors (Lipinski definition) is 3. The summed E-state index contributed by atoms with van der Waals surface area (Å²) in [6, 6.07) is 3.80. The SMILES string of the molecule is OC1(CNC/C=C/c2ccco2)CCCCCC1. The van der Waals surface area contributed by atoms with Crippen molar-refractivity contribution in [2.75, 3.05) is 13.1 Å². The van der Waals surface area contributed by atoms with E-state index in [1.807, 2.05) is 24.3 Å². The molecule has 0 spiro atoms. The predicted octanol–water partition coefficient (Wildman–Crippen LogP) is 2.97. The second-order valence-corrected chi connectivity index (χ2v) is 5.19. The highest BCUT2D eigenvalue weighted by atomic mass is 16.3. The molecule has 0 aromatic carbocycles. The molecule has 2 rings (SSSR count). The summed E-state index contributed by atoms with van der Waals surface area (Å²) >= 11 is 0. The van der Waals surface area contributed by atoms with Gasteiger partial charge in [0, 0.05) is 13.1 Å². The number of furan rings is 1. The molecule has 18 heavy (non-hydrogen) atoms. The monoisotopic (exact) mass is 249 g/mol. The van der Waals surface area contributed by atoms with Crippen molar-refractivity contribution in [2.45, 2.75) is 44.1 Å².